The van der Waals surface area contributed by atoms with Crippen molar-refractivity contribution in [2.75, 3.05) is 17.2 Å². The van der Waals surface area contributed by atoms with E-state index < -0.39 is 0 Å². The standard InChI is InChI=1S/C22H27BrN2O3/c1-4-6-21(26)24-17-8-10-18(11-9-17)25-22(27)14-28-20-12-7-16(13-19(20)23)15(3)5-2/h7-13,15H,4-6,14H2,1-3H3,(H,24,26)(H,25,27). The Labute approximate surface area is 175 Å². The number of hydrogen-bond donors (Lipinski definition) is 2. The number of carbonyl (C=O) groups is 2. The summed E-state index contributed by atoms with van der Waals surface area (Å²) in [6.45, 7) is 6.20. The average Bonchev–Trinajstić information content (AvgIpc) is 2.68. The second-order valence-electron chi connectivity index (χ2n) is 6.71. The highest BCUT2D eigenvalue weighted by molar-refractivity contribution is 9.10. The fourth-order valence-corrected chi connectivity index (χ4v) is 3.12. The second kappa shape index (κ2) is 10.9. The van der Waals surface area contributed by atoms with Gasteiger partial charge in [0.25, 0.3) is 5.91 Å². The molecule has 0 saturated carbocycles. The van der Waals surface area contributed by atoms with E-state index in [4.69, 9.17) is 4.74 Å². The fraction of sp³-hybridized carbons (Fsp3) is 0.364. The molecule has 6 heteroatoms. The molecule has 0 spiro atoms. The molecule has 0 saturated heterocycles. The Hall–Kier alpha value is -2.34. The molecule has 0 aliphatic carbocycles. The van der Waals surface area contributed by atoms with Crippen LogP contribution in [0.2, 0.25) is 0 Å². The van der Waals surface area contributed by atoms with Crippen LogP contribution in [-0.2, 0) is 9.59 Å². The average molecular weight is 447 g/mol. The van der Waals surface area contributed by atoms with Gasteiger partial charge in [-0.2, -0.15) is 0 Å². The third-order valence-electron chi connectivity index (χ3n) is 4.43. The monoisotopic (exact) mass is 446 g/mol. The first kappa shape index (κ1) is 22.0. The van der Waals surface area contributed by atoms with E-state index in [0.29, 0.717) is 29.5 Å². The molecule has 0 bridgehead atoms. The van der Waals surface area contributed by atoms with Crippen LogP contribution in [0.1, 0.15) is 51.5 Å². The minimum atomic E-state index is -0.249. The van der Waals surface area contributed by atoms with Crippen LogP contribution >= 0.6 is 15.9 Å². The quantitative estimate of drug-likeness (QED) is 0.517. The minimum absolute atomic E-state index is 0.0161. The highest BCUT2D eigenvalue weighted by Gasteiger charge is 2.10. The van der Waals surface area contributed by atoms with Gasteiger partial charge >= 0.3 is 0 Å². The van der Waals surface area contributed by atoms with Crippen molar-refractivity contribution in [2.24, 2.45) is 0 Å². The van der Waals surface area contributed by atoms with E-state index in [9.17, 15) is 9.59 Å². The molecule has 28 heavy (non-hydrogen) atoms. The van der Waals surface area contributed by atoms with Gasteiger partial charge in [0.15, 0.2) is 6.61 Å². The molecule has 2 aromatic rings. The summed E-state index contributed by atoms with van der Waals surface area (Å²) in [7, 11) is 0. The predicted molar refractivity (Wildman–Crippen MR) is 117 cm³/mol. The van der Waals surface area contributed by atoms with Crippen molar-refractivity contribution in [1.29, 1.82) is 0 Å². The van der Waals surface area contributed by atoms with Crippen LogP contribution in [0.5, 0.6) is 5.75 Å². The van der Waals surface area contributed by atoms with Crippen LogP contribution in [0.3, 0.4) is 0 Å². The molecule has 1 atom stereocenters. The third kappa shape index (κ3) is 6.68. The van der Waals surface area contributed by atoms with Crippen LogP contribution in [0, 0.1) is 0 Å². The number of nitrogens with one attached hydrogen (secondary N) is 2. The molecular formula is C22H27BrN2O3. The first-order valence-electron chi connectivity index (χ1n) is 9.55. The summed E-state index contributed by atoms with van der Waals surface area (Å²) >= 11 is 3.51. The first-order valence-corrected chi connectivity index (χ1v) is 10.3. The molecule has 2 N–H and O–H groups in total. The normalized spacial score (nSPS) is 11.6. The van der Waals surface area contributed by atoms with Crippen molar-refractivity contribution < 1.29 is 14.3 Å². The summed E-state index contributed by atoms with van der Waals surface area (Å²) < 4.78 is 6.46. The van der Waals surface area contributed by atoms with Gasteiger partial charge in [-0.3, -0.25) is 9.59 Å². The van der Waals surface area contributed by atoms with Crippen molar-refractivity contribution in [3.63, 3.8) is 0 Å². The van der Waals surface area contributed by atoms with Crippen molar-refractivity contribution in [1.82, 2.24) is 0 Å². The summed E-state index contributed by atoms with van der Waals surface area (Å²) in [5.41, 5.74) is 2.59. The van der Waals surface area contributed by atoms with Crippen molar-refractivity contribution >= 4 is 39.1 Å². The lowest BCUT2D eigenvalue weighted by molar-refractivity contribution is -0.118. The van der Waals surface area contributed by atoms with Crippen LogP contribution in [0.4, 0.5) is 11.4 Å². The van der Waals surface area contributed by atoms with Crippen molar-refractivity contribution in [2.45, 2.75) is 46.0 Å². The maximum atomic E-state index is 12.1. The predicted octanol–water partition coefficient (Wildman–Crippen LogP) is 5.72. The Balaban J connectivity index is 1.86. The highest BCUT2D eigenvalue weighted by Crippen LogP contribution is 2.30. The minimum Gasteiger partial charge on any atom is -0.483 e. The Bertz CT molecular complexity index is 806. The van der Waals surface area contributed by atoms with E-state index in [1.54, 1.807) is 24.3 Å². The molecule has 0 radical (unpaired) electrons. The number of carbonyl (C=O) groups excluding carboxylic acids is 2. The van der Waals surface area contributed by atoms with Gasteiger partial charge in [-0.1, -0.05) is 26.8 Å². The number of halogens is 1. The number of rotatable bonds is 9. The van der Waals surface area contributed by atoms with Crippen molar-refractivity contribution in [3.05, 3.63) is 52.5 Å². The van der Waals surface area contributed by atoms with Crippen LogP contribution in [-0.4, -0.2) is 18.4 Å². The Morgan fingerprint density at radius 1 is 1.00 bits per heavy atom. The van der Waals surface area contributed by atoms with Gasteiger partial charge in [-0.15, -0.1) is 0 Å². The van der Waals surface area contributed by atoms with E-state index in [1.807, 2.05) is 25.1 Å². The van der Waals surface area contributed by atoms with Gasteiger partial charge < -0.3 is 15.4 Å². The van der Waals surface area contributed by atoms with Gasteiger partial charge in [0.05, 0.1) is 4.47 Å². The molecule has 0 fully saturated rings. The lowest BCUT2D eigenvalue weighted by Crippen LogP contribution is -2.20. The number of ether oxygens (including phenoxy) is 1. The third-order valence-corrected chi connectivity index (χ3v) is 5.05. The Kier molecular flexibility index (Phi) is 8.51. The highest BCUT2D eigenvalue weighted by atomic mass is 79.9. The molecule has 150 valence electrons. The Morgan fingerprint density at radius 3 is 2.14 bits per heavy atom. The molecule has 2 aromatic carbocycles. The van der Waals surface area contributed by atoms with Gasteiger partial charge in [-0.05, 0) is 76.7 Å². The second-order valence-corrected chi connectivity index (χ2v) is 7.57. The number of benzene rings is 2. The number of amides is 2. The van der Waals surface area contributed by atoms with Gasteiger partial charge in [0.2, 0.25) is 5.91 Å². The van der Waals surface area contributed by atoms with Crippen molar-refractivity contribution in [3.8, 4) is 5.75 Å². The summed E-state index contributed by atoms with van der Waals surface area (Å²) in [5, 5.41) is 5.60. The van der Waals surface area contributed by atoms with Gasteiger partial charge in [0.1, 0.15) is 5.75 Å². The lowest BCUT2D eigenvalue weighted by Gasteiger charge is -2.13. The summed E-state index contributed by atoms with van der Waals surface area (Å²) in [6, 6.07) is 13.0. The molecule has 0 heterocycles. The fourth-order valence-electron chi connectivity index (χ4n) is 2.60. The molecule has 2 amide bonds. The Morgan fingerprint density at radius 2 is 1.61 bits per heavy atom. The molecule has 2 rings (SSSR count). The zero-order valence-corrected chi connectivity index (χ0v) is 18.1. The lowest BCUT2D eigenvalue weighted by atomic mass is 9.99. The molecule has 0 aliphatic rings. The van der Waals surface area contributed by atoms with E-state index in [0.717, 1.165) is 17.3 Å². The molecule has 1 unspecified atom stereocenters. The van der Waals surface area contributed by atoms with Gasteiger partial charge in [0, 0.05) is 17.8 Å². The topological polar surface area (TPSA) is 67.4 Å². The zero-order valence-electron chi connectivity index (χ0n) is 16.5. The largest absolute Gasteiger partial charge is 0.483 e. The SMILES string of the molecule is CCCC(=O)Nc1ccc(NC(=O)COc2ccc(C(C)CC)cc2Br)cc1. The van der Waals surface area contributed by atoms with Crippen LogP contribution < -0.4 is 15.4 Å². The maximum Gasteiger partial charge on any atom is 0.262 e. The van der Waals surface area contributed by atoms with Crippen LogP contribution in [0.15, 0.2) is 46.9 Å². The zero-order chi connectivity index (χ0) is 20.5. The molecule has 0 aromatic heterocycles. The maximum absolute atomic E-state index is 12.1. The van der Waals surface area contributed by atoms with Crippen LogP contribution in [0.25, 0.3) is 0 Å². The summed E-state index contributed by atoms with van der Waals surface area (Å²) in [4.78, 5) is 23.7. The number of hydrogen-bond acceptors (Lipinski definition) is 3. The summed E-state index contributed by atoms with van der Waals surface area (Å²) in [5.74, 6) is 0.845. The summed E-state index contributed by atoms with van der Waals surface area (Å²) in [6.07, 6.45) is 2.36. The smallest absolute Gasteiger partial charge is 0.262 e. The van der Waals surface area contributed by atoms with E-state index in [-0.39, 0.29) is 18.4 Å². The van der Waals surface area contributed by atoms with E-state index in [2.05, 4.69) is 40.4 Å². The van der Waals surface area contributed by atoms with E-state index >= 15 is 0 Å². The molecule has 0 aliphatic heterocycles. The van der Waals surface area contributed by atoms with E-state index in [1.165, 1.54) is 5.56 Å². The molecule has 5 nitrogen and oxygen atoms in total. The first-order chi connectivity index (χ1) is 13.4. The molecular weight excluding hydrogens is 420 g/mol. The van der Waals surface area contributed by atoms with Gasteiger partial charge in [-0.25, -0.2) is 0 Å². The number of anilines is 2.